The van der Waals surface area contributed by atoms with E-state index in [0.29, 0.717) is 24.7 Å². The summed E-state index contributed by atoms with van der Waals surface area (Å²) >= 11 is 6.14. The third kappa shape index (κ3) is 3.02. The van der Waals surface area contributed by atoms with Crippen molar-refractivity contribution >= 4 is 34.2 Å². The van der Waals surface area contributed by atoms with E-state index < -0.39 is 0 Å². The Balaban J connectivity index is 1.67. The zero-order chi connectivity index (χ0) is 17.4. The van der Waals surface area contributed by atoms with Gasteiger partial charge in [-0.15, -0.1) is 11.6 Å². The van der Waals surface area contributed by atoms with Crippen LogP contribution < -0.4 is 10.1 Å². The van der Waals surface area contributed by atoms with Crippen LogP contribution >= 0.6 is 11.6 Å². The first-order chi connectivity index (χ1) is 12.2. The lowest BCUT2D eigenvalue weighted by Gasteiger charge is -2.31. The maximum Gasteiger partial charge on any atom is 0.415 e. The molecule has 2 aliphatic heterocycles. The molecule has 1 fully saturated rings. The Morgan fingerprint density at radius 3 is 2.68 bits per heavy atom. The first-order valence-electron chi connectivity index (χ1n) is 8.68. The van der Waals surface area contributed by atoms with E-state index in [2.05, 4.69) is 23.3 Å². The maximum absolute atomic E-state index is 12.6. The summed E-state index contributed by atoms with van der Waals surface area (Å²) in [5.41, 5.74) is 2.25. The van der Waals surface area contributed by atoms with Crippen LogP contribution in [0.4, 0.5) is 10.5 Å². The highest BCUT2D eigenvalue weighted by atomic mass is 35.5. The Hall–Kier alpha value is -1.98. The zero-order valence-electron chi connectivity index (χ0n) is 14.3. The fourth-order valence-electron chi connectivity index (χ4n) is 3.65. The molecule has 2 aromatic rings. The number of carbonyl (C=O) groups excluding carboxylic acids is 1. The summed E-state index contributed by atoms with van der Waals surface area (Å²) < 4.78 is 5.79. The molecule has 6 heteroatoms. The minimum absolute atomic E-state index is 0.273. The fraction of sp³-hybridized carbons (Fsp3) is 0.421. The second-order valence-corrected chi connectivity index (χ2v) is 7.08. The van der Waals surface area contributed by atoms with Crippen LogP contribution in [0.5, 0.6) is 5.75 Å². The standard InChI is InChI=1S/C19H22ClN3O2/c1-22-6-8-23(9-7-22)19(24)25-17-10-16-18(13(11-20)12-21-16)15-5-3-2-4-14(15)17/h2-5,10,13,21H,6-9,11-12H2,1H3. The van der Waals surface area contributed by atoms with Gasteiger partial charge in [0.2, 0.25) is 0 Å². The summed E-state index contributed by atoms with van der Waals surface area (Å²) in [7, 11) is 2.07. The predicted octanol–water partition coefficient (Wildman–Crippen LogP) is 3.33. The Bertz CT molecular complexity index is 803. The number of halogens is 1. The smallest absolute Gasteiger partial charge is 0.409 e. The molecule has 0 radical (unpaired) electrons. The van der Waals surface area contributed by atoms with Crippen LogP contribution in [0, 0.1) is 0 Å². The molecule has 0 bridgehead atoms. The number of likely N-dealkylation sites (N-methyl/N-ethyl adjacent to an activating group) is 1. The molecule has 1 atom stereocenters. The second kappa shape index (κ2) is 6.73. The van der Waals surface area contributed by atoms with Gasteiger partial charge in [0.15, 0.2) is 0 Å². The molecule has 0 aromatic heterocycles. The minimum atomic E-state index is -0.273. The lowest BCUT2D eigenvalue weighted by atomic mass is 9.95. The van der Waals surface area contributed by atoms with Crippen molar-refractivity contribution < 1.29 is 9.53 Å². The van der Waals surface area contributed by atoms with Crippen molar-refractivity contribution in [3.8, 4) is 5.75 Å². The van der Waals surface area contributed by atoms with Crippen molar-refractivity contribution in [2.45, 2.75) is 5.92 Å². The topological polar surface area (TPSA) is 44.8 Å². The normalized spacial score (nSPS) is 20.4. The van der Waals surface area contributed by atoms with E-state index in [9.17, 15) is 4.79 Å². The van der Waals surface area contributed by atoms with Crippen molar-refractivity contribution in [1.82, 2.24) is 9.80 Å². The highest BCUT2D eigenvalue weighted by Crippen LogP contribution is 2.42. The molecular formula is C19H22ClN3O2. The average Bonchev–Trinajstić information content (AvgIpc) is 3.05. The van der Waals surface area contributed by atoms with Gasteiger partial charge in [0.25, 0.3) is 0 Å². The minimum Gasteiger partial charge on any atom is -0.409 e. The van der Waals surface area contributed by atoms with Crippen molar-refractivity contribution in [2.75, 3.05) is 51.0 Å². The van der Waals surface area contributed by atoms with Crippen LogP contribution in [0.25, 0.3) is 10.8 Å². The van der Waals surface area contributed by atoms with Crippen molar-refractivity contribution in [3.05, 3.63) is 35.9 Å². The van der Waals surface area contributed by atoms with Gasteiger partial charge in [-0.3, -0.25) is 0 Å². The number of ether oxygens (including phenoxy) is 1. The Morgan fingerprint density at radius 2 is 1.96 bits per heavy atom. The molecule has 1 amide bonds. The number of nitrogens with zero attached hydrogens (tertiary/aromatic N) is 2. The quantitative estimate of drug-likeness (QED) is 0.835. The van der Waals surface area contributed by atoms with Gasteiger partial charge in [-0.2, -0.15) is 0 Å². The van der Waals surface area contributed by atoms with Gasteiger partial charge in [-0.05, 0) is 18.0 Å². The van der Waals surface area contributed by atoms with Crippen LogP contribution in [-0.4, -0.2) is 61.5 Å². The van der Waals surface area contributed by atoms with Gasteiger partial charge in [0.05, 0.1) is 0 Å². The molecule has 5 nitrogen and oxygen atoms in total. The SMILES string of the molecule is CN1CCN(C(=O)Oc2cc3c(c4ccccc24)C(CCl)CN3)CC1. The largest absolute Gasteiger partial charge is 0.415 e. The highest BCUT2D eigenvalue weighted by molar-refractivity contribution is 6.18. The third-order valence-electron chi connectivity index (χ3n) is 5.14. The van der Waals surface area contributed by atoms with E-state index in [1.165, 1.54) is 5.56 Å². The molecular weight excluding hydrogens is 338 g/mol. The van der Waals surface area contributed by atoms with Crippen molar-refractivity contribution in [1.29, 1.82) is 0 Å². The van der Waals surface area contributed by atoms with E-state index in [1.54, 1.807) is 4.90 Å². The number of piperazine rings is 1. The number of nitrogens with one attached hydrogen (secondary N) is 1. The molecule has 4 rings (SSSR count). The number of alkyl halides is 1. The van der Waals surface area contributed by atoms with Gasteiger partial charge in [-0.1, -0.05) is 24.3 Å². The van der Waals surface area contributed by atoms with Crippen LogP contribution in [-0.2, 0) is 0 Å². The van der Waals surface area contributed by atoms with Crippen LogP contribution in [0.2, 0.25) is 0 Å². The van der Waals surface area contributed by atoms with Gasteiger partial charge in [0, 0.05) is 61.7 Å². The second-order valence-electron chi connectivity index (χ2n) is 6.77. The van der Waals surface area contributed by atoms with Crippen LogP contribution in [0.3, 0.4) is 0 Å². The highest BCUT2D eigenvalue weighted by Gasteiger charge is 2.27. The van der Waals surface area contributed by atoms with Gasteiger partial charge in [-0.25, -0.2) is 4.79 Å². The summed E-state index contributed by atoms with van der Waals surface area (Å²) in [6, 6.07) is 10.0. The van der Waals surface area contributed by atoms with E-state index in [4.69, 9.17) is 16.3 Å². The predicted molar refractivity (Wildman–Crippen MR) is 101 cm³/mol. The molecule has 0 saturated carbocycles. The molecule has 0 spiro atoms. The molecule has 132 valence electrons. The number of hydrogen-bond acceptors (Lipinski definition) is 4. The molecule has 2 heterocycles. The van der Waals surface area contributed by atoms with E-state index in [-0.39, 0.29) is 12.0 Å². The molecule has 0 aliphatic carbocycles. The van der Waals surface area contributed by atoms with Crippen LogP contribution in [0.15, 0.2) is 30.3 Å². The summed E-state index contributed by atoms with van der Waals surface area (Å²) in [4.78, 5) is 16.6. The van der Waals surface area contributed by atoms with Gasteiger partial charge in [0.1, 0.15) is 5.75 Å². The molecule has 2 aromatic carbocycles. The number of fused-ring (bicyclic) bond motifs is 3. The summed E-state index contributed by atoms with van der Waals surface area (Å²) in [5, 5.41) is 5.47. The number of rotatable bonds is 2. The number of amides is 1. The number of carbonyl (C=O) groups is 1. The van der Waals surface area contributed by atoms with Gasteiger partial charge < -0.3 is 19.9 Å². The summed E-state index contributed by atoms with van der Waals surface area (Å²) in [6.07, 6.45) is -0.273. The fourth-order valence-corrected chi connectivity index (χ4v) is 3.91. The third-order valence-corrected chi connectivity index (χ3v) is 5.51. The Morgan fingerprint density at radius 1 is 1.24 bits per heavy atom. The van der Waals surface area contributed by atoms with E-state index in [1.807, 2.05) is 24.3 Å². The van der Waals surface area contributed by atoms with E-state index in [0.717, 1.165) is 36.1 Å². The van der Waals surface area contributed by atoms with Crippen molar-refractivity contribution in [3.63, 3.8) is 0 Å². The lowest BCUT2D eigenvalue weighted by molar-refractivity contribution is 0.121. The molecule has 1 saturated heterocycles. The first kappa shape index (κ1) is 16.5. The maximum atomic E-state index is 12.6. The zero-order valence-corrected chi connectivity index (χ0v) is 15.1. The summed E-state index contributed by atoms with van der Waals surface area (Å²) in [6.45, 7) is 3.96. The monoisotopic (exact) mass is 359 g/mol. The van der Waals surface area contributed by atoms with Gasteiger partial charge >= 0.3 is 6.09 Å². The summed E-state index contributed by atoms with van der Waals surface area (Å²) in [5.74, 6) is 1.47. The molecule has 25 heavy (non-hydrogen) atoms. The van der Waals surface area contributed by atoms with Crippen molar-refractivity contribution in [2.24, 2.45) is 0 Å². The molecule has 1 N–H and O–H groups in total. The molecule has 1 unspecified atom stereocenters. The first-order valence-corrected chi connectivity index (χ1v) is 9.21. The average molecular weight is 360 g/mol. The Labute approximate surface area is 152 Å². The van der Waals surface area contributed by atoms with Crippen LogP contribution in [0.1, 0.15) is 11.5 Å². The Kier molecular flexibility index (Phi) is 4.44. The van der Waals surface area contributed by atoms with E-state index >= 15 is 0 Å². The number of hydrogen-bond donors (Lipinski definition) is 1. The number of anilines is 1. The molecule has 2 aliphatic rings. The lowest BCUT2D eigenvalue weighted by Crippen LogP contribution is -2.48. The number of benzene rings is 2.